The van der Waals surface area contributed by atoms with E-state index in [0.29, 0.717) is 6.04 Å². The summed E-state index contributed by atoms with van der Waals surface area (Å²) in [4.78, 5) is 4.31. The topological polar surface area (TPSA) is 24.9 Å². The molecule has 0 aliphatic carbocycles. The van der Waals surface area contributed by atoms with E-state index in [1.165, 1.54) is 11.1 Å². The summed E-state index contributed by atoms with van der Waals surface area (Å²) in [5.41, 5.74) is 2.72. The monoisotopic (exact) mass is 246 g/mol. The molecule has 0 radical (unpaired) electrons. The third-order valence-electron chi connectivity index (χ3n) is 2.77. The van der Waals surface area contributed by atoms with Crippen molar-refractivity contribution in [2.45, 2.75) is 26.3 Å². The Labute approximate surface area is 107 Å². The summed E-state index contributed by atoms with van der Waals surface area (Å²) in [7, 11) is 0. The van der Waals surface area contributed by atoms with Crippen LogP contribution < -0.4 is 5.32 Å². The van der Waals surface area contributed by atoms with Crippen LogP contribution in [0.5, 0.6) is 0 Å². The van der Waals surface area contributed by atoms with Gasteiger partial charge in [0.15, 0.2) is 0 Å². The van der Waals surface area contributed by atoms with Crippen molar-refractivity contribution in [3.63, 3.8) is 0 Å². The zero-order valence-corrected chi connectivity index (χ0v) is 11.1. The van der Waals surface area contributed by atoms with Crippen LogP contribution in [-0.4, -0.2) is 11.5 Å². The fraction of sp³-hybridized carbons (Fsp3) is 0.357. The van der Waals surface area contributed by atoms with Crippen LogP contribution in [-0.2, 0) is 6.42 Å². The zero-order valence-electron chi connectivity index (χ0n) is 10.3. The maximum atomic E-state index is 4.31. The smallest absolute Gasteiger partial charge is 0.109 e. The molecular weight excluding hydrogens is 228 g/mol. The quantitative estimate of drug-likeness (QED) is 0.875. The summed E-state index contributed by atoms with van der Waals surface area (Å²) in [6, 6.07) is 9.03. The number of hydrogen-bond acceptors (Lipinski definition) is 3. The lowest BCUT2D eigenvalue weighted by Crippen LogP contribution is -2.21. The van der Waals surface area contributed by atoms with Crippen LogP contribution in [0.25, 0.3) is 0 Å². The van der Waals surface area contributed by atoms with E-state index in [-0.39, 0.29) is 0 Å². The van der Waals surface area contributed by atoms with E-state index in [0.717, 1.165) is 18.0 Å². The summed E-state index contributed by atoms with van der Waals surface area (Å²) < 4.78 is 0. The number of nitrogens with zero attached hydrogens (tertiary/aromatic N) is 1. The molecule has 0 saturated heterocycles. The van der Waals surface area contributed by atoms with Crippen molar-refractivity contribution < 1.29 is 0 Å². The van der Waals surface area contributed by atoms with Gasteiger partial charge in [-0.25, -0.2) is 4.98 Å². The van der Waals surface area contributed by atoms with Gasteiger partial charge >= 0.3 is 0 Å². The maximum absolute atomic E-state index is 4.31. The normalized spacial score (nSPS) is 12.6. The molecule has 1 N–H and O–H groups in total. The molecule has 17 heavy (non-hydrogen) atoms. The molecule has 2 nitrogen and oxygen atoms in total. The van der Waals surface area contributed by atoms with Crippen LogP contribution in [0.3, 0.4) is 0 Å². The van der Waals surface area contributed by atoms with Gasteiger partial charge in [-0.3, -0.25) is 0 Å². The molecule has 0 amide bonds. The lowest BCUT2D eigenvalue weighted by Gasteiger charge is -2.11. The molecule has 1 unspecified atom stereocenters. The van der Waals surface area contributed by atoms with Crippen molar-refractivity contribution in [3.8, 4) is 0 Å². The van der Waals surface area contributed by atoms with Gasteiger partial charge in [0.1, 0.15) is 5.01 Å². The molecule has 0 bridgehead atoms. The number of benzene rings is 1. The highest BCUT2D eigenvalue weighted by molar-refractivity contribution is 7.09. The third kappa shape index (κ3) is 3.65. The average molecular weight is 246 g/mol. The second-order valence-electron chi connectivity index (χ2n) is 4.29. The molecule has 2 rings (SSSR count). The predicted molar refractivity (Wildman–Crippen MR) is 73.4 cm³/mol. The molecule has 0 spiro atoms. The minimum absolute atomic E-state index is 0.347. The summed E-state index contributed by atoms with van der Waals surface area (Å²) in [6.07, 6.45) is 2.93. The fourth-order valence-electron chi connectivity index (χ4n) is 1.84. The molecule has 0 aliphatic rings. The Kier molecular flexibility index (Phi) is 4.29. The summed E-state index contributed by atoms with van der Waals surface area (Å²) in [5, 5.41) is 6.68. The Balaban J connectivity index is 1.80. The van der Waals surface area contributed by atoms with Crippen molar-refractivity contribution in [1.29, 1.82) is 0 Å². The Bertz CT molecular complexity index is 451. The largest absolute Gasteiger partial charge is 0.308 e. The van der Waals surface area contributed by atoms with E-state index in [9.17, 15) is 0 Å². The van der Waals surface area contributed by atoms with Crippen molar-refractivity contribution in [2.24, 2.45) is 0 Å². The second-order valence-corrected chi connectivity index (χ2v) is 5.21. The van der Waals surface area contributed by atoms with E-state index in [1.54, 1.807) is 11.3 Å². The van der Waals surface area contributed by atoms with Gasteiger partial charge in [-0.2, -0.15) is 0 Å². The van der Waals surface area contributed by atoms with Crippen molar-refractivity contribution >= 4 is 11.3 Å². The van der Waals surface area contributed by atoms with Crippen LogP contribution in [0.1, 0.15) is 29.1 Å². The van der Waals surface area contributed by atoms with E-state index < -0.39 is 0 Å². The number of thiazole rings is 1. The van der Waals surface area contributed by atoms with Crippen LogP contribution in [0.4, 0.5) is 0 Å². The number of rotatable bonds is 5. The van der Waals surface area contributed by atoms with Gasteiger partial charge in [0.2, 0.25) is 0 Å². The predicted octanol–water partition coefficient (Wildman–Crippen LogP) is 3.34. The van der Waals surface area contributed by atoms with Gasteiger partial charge < -0.3 is 5.32 Å². The van der Waals surface area contributed by atoms with E-state index in [4.69, 9.17) is 0 Å². The zero-order chi connectivity index (χ0) is 12.1. The number of aromatic nitrogens is 1. The molecule has 0 aliphatic heterocycles. The lowest BCUT2D eigenvalue weighted by atomic mass is 10.1. The van der Waals surface area contributed by atoms with Crippen LogP contribution in [0.15, 0.2) is 35.8 Å². The molecule has 2 aromatic rings. The molecule has 90 valence electrons. The van der Waals surface area contributed by atoms with Crippen molar-refractivity contribution in [2.75, 3.05) is 6.54 Å². The number of aryl methyl sites for hydroxylation is 1. The summed E-state index contributed by atoms with van der Waals surface area (Å²) in [6.45, 7) is 5.29. The van der Waals surface area contributed by atoms with Gasteiger partial charge in [0.25, 0.3) is 0 Å². The molecule has 1 heterocycles. The SMILES string of the molecule is Cc1cccc(CCNC(C)c2nccs2)c1. The molecule has 0 fully saturated rings. The van der Waals surface area contributed by atoms with E-state index in [2.05, 4.69) is 48.4 Å². The molecule has 1 atom stereocenters. The molecule has 1 aromatic heterocycles. The Morgan fingerprint density at radius 2 is 2.29 bits per heavy atom. The van der Waals surface area contributed by atoms with Gasteiger partial charge in [-0.15, -0.1) is 11.3 Å². The molecule has 0 saturated carbocycles. The highest BCUT2D eigenvalue weighted by Gasteiger charge is 2.06. The first-order valence-corrected chi connectivity index (χ1v) is 6.82. The Hall–Kier alpha value is -1.19. The average Bonchev–Trinajstić information content (AvgIpc) is 2.82. The minimum atomic E-state index is 0.347. The highest BCUT2D eigenvalue weighted by Crippen LogP contribution is 2.14. The van der Waals surface area contributed by atoms with Crippen LogP contribution >= 0.6 is 11.3 Å². The Morgan fingerprint density at radius 1 is 1.41 bits per heavy atom. The van der Waals surface area contributed by atoms with Crippen LogP contribution in [0, 0.1) is 6.92 Å². The first kappa shape index (κ1) is 12.3. The summed E-state index contributed by atoms with van der Waals surface area (Å²) >= 11 is 1.71. The first-order valence-electron chi connectivity index (χ1n) is 5.94. The summed E-state index contributed by atoms with van der Waals surface area (Å²) in [5.74, 6) is 0. The Morgan fingerprint density at radius 3 is 3.00 bits per heavy atom. The molecule has 1 aromatic carbocycles. The van der Waals surface area contributed by atoms with Gasteiger partial charge in [-0.05, 0) is 32.4 Å². The lowest BCUT2D eigenvalue weighted by molar-refractivity contribution is 0.574. The minimum Gasteiger partial charge on any atom is -0.308 e. The first-order chi connectivity index (χ1) is 8.25. The highest BCUT2D eigenvalue weighted by atomic mass is 32.1. The van der Waals surface area contributed by atoms with E-state index >= 15 is 0 Å². The maximum Gasteiger partial charge on any atom is 0.109 e. The molecule has 3 heteroatoms. The van der Waals surface area contributed by atoms with Crippen molar-refractivity contribution in [1.82, 2.24) is 10.3 Å². The molecular formula is C14H18N2S. The third-order valence-corrected chi connectivity index (χ3v) is 3.73. The van der Waals surface area contributed by atoms with Gasteiger partial charge in [0.05, 0.1) is 6.04 Å². The van der Waals surface area contributed by atoms with E-state index in [1.807, 2.05) is 11.6 Å². The van der Waals surface area contributed by atoms with Crippen LogP contribution in [0.2, 0.25) is 0 Å². The standard InChI is InChI=1S/C14H18N2S/c1-11-4-3-5-13(10-11)6-7-15-12(2)14-16-8-9-17-14/h3-5,8-10,12,15H,6-7H2,1-2H3. The fourth-order valence-corrected chi connectivity index (χ4v) is 2.51. The van der Waals surface area contributed by atoms with Gasteiger partial charge in [-0.1, -0.05) is 29.8 Å². The number of hydrogen-bond donors (Lipinski definition) is 1. The van der Waals surface area contributed by atoms with Gasteiger partial charge in [0, 0.05) is 11.6 Å². The number of nitrogens with one attached hydrogen (secondary N) is 1. The van der Waals surface area contributed by atoms with Crippen molar-refractivity contribution in [3.05, 3.63) is 52.0 Å². The second kappa shape index (κ2) is 5.94.